The third kappa shape index (κ3) is 5.80. The molecule has 9 nitrogen and oxygen atoms in total. The van der Waals surface area contributed by atoms with Gasteiger partial charge in [-0.2, -0.15) is 0 Å². The number of carbonyl (C=O) groups excluding carboxylic acids is 4. The molecule has 0 aliphatic carbocycles. The second-order valence-electron chi connectivity index (χ2n) is 5.83. The van der Waals surface area contributed by atoms with Gasteiger partial charge in [0.1, 0.15) is 6.04 Å². The van der Waals surface area contributed by atoms with Crippen LogP contribution in [0.15, 0.2) is 0 Å². The molecule has 0 radical (unpaired) electrons. The first-order chi connectivity index (χ1) is 11.4. The molecule has 2 atom stereocenters. The van der Waals surface area contributed by atoms with E-state index in [2.05, 4.69) is 5.32 Å². The SMILES string of the molecule is CCCC(CC(=O)NO)C(=O)N1CCCC1C(=O)NCCC(=O)[O-]. The van der Waals surface area contributed by atoms with Crippen molar-refractivity contribution in [3.05, 3.63) is 0 Å². The maximum absolute atomic E-state index is 12.7. The molecule has 0 spiro atoms. The second-order valence-corrected chi connectivity index (χ2v) is 5.83. The van der Waals surface area contributed by atoms with Crippen LogP contribution in [0.4, 0.5) is 0 Å². The van der Waals surface area contributed by atoms with E-state index in [1.54, 1.807) is 0 Å². The Morgan fingerprint density at radius 2 is 2.04 bits per heavy atom. The lowest BCUT2D eigenvalue weighted by Crippen LogP contribution is -2.48. The molecule has 2 unspecified atom stereocenters. The predicted molar refractivity (Wildman–Crippen MR) is 80.3 cm³/mol. The second kappa shape index (κ2) is 9.86. The number of rotatable bonds is 9. The van der Waals surface area contributed by atoms with Crippen LogP contribution in [0.25, 0.3) is 0 Å². The van der Waals surface area contributed by atoms with Crippen molar-refractivity contribution in [2.24, 2.45) is 5.92 Å². The zero-order valence-electron chi connectivity index (χ0n) is 13.7. The molecule has 9 heteroatoms. The number of amides is 3. The van der Waals surface area contributed by atoms with Gasteiger partial charge < -0.3 is 20.1 Å². The molecule has 0 saturated carbocycles. The van der Waals surface area contributed by atoms with E-state index in [0.717, 1.165) is 0 Å². The summed E-state index contributed by atoms with van der Waals surface area (Å²) in [6, 6.07) is -0.657. The number of carboxylic acids is 1. The van der Waals surface area contributed by atoms with Crippen LogP contribution in [-0.2, 0) is 19.2 Å². The van der Waals surface area contributed by atoms with Crippen molar-refractivity contribution < 1.29 is 29.5 Å². The Hall–Kier alpha value is -2.16. The predicted octanol–water partition coefficient (Wildman–Crippen LogP) is -1.45. The maximum Gasteiger partial charge on any atom is 0.244 e. The summed E-state index contributed by atoms with van der Waals surface area (Å²) in [5.41, 5.74) is 1.52. The maximum atomic E-state index is 12.7. The number of likely N-dealkylation sites (tertiary alicyclic amines) is 1. The van der Waals surface area contributed by atoms with Gasteiger partial charge in [0.15, 0.2) is 0 Å². The monoisotopic (exact) mass is 342 g/mol. The van der Waals surface area contributed by atoms with Gasteiger partial charge in [0.05, 0.1) is 0 Å². The fourth-order valence-electron chi connectivity index (χ4n) is 2.87. The minimum absolute atomic E-state index is 0.0506. The molecule has 1 fully saturated rings. The van der Waals surface area contributed by atoms with Crippen LogP contribution < -0.4 is 15.9 Å². The Kier molecular flexibility index (Phi) is 8.17. The summed E-state index contributed by atoms with van der Waals surface area (Å²) in [4.78, 5) is 48.0. The quantitative estimate of drug-likeness (QED) is 0.346. The average molecular weight is 342 g/mol. The lowest BCUT2D eigenvalue weighted by molar-refractivity contribution is -0.305. The zero-order valence-corrected chi connectivity index (χ0v) is 13.7. The number of carboxylic acid groups (broad SMARTS) is 1. The molecule has 24 heavy (non-hydrogen) atoms. The Labute approximate surface area is 140 Å². The van der Waals surface area contributed by atoms with E-state index in [0.29, 0.717) is 32.2 Å². The highest BCUT2D eigenvalue weighted by Gasteiger charge is 2.37. The van der Waals surface area contributed by atoms with Gasteiger partial charge in [-0.1, -0.05) is 13.3 Å². The van der Waals surface area contributed by atoms with Crippen molar-refractivity contribution in [2.45, 2.75) is 51.5 Å². The molecule has 136 valence electrons. The largest absolute Gasteiger partial charge is 0.550 e. The Morgan fingerprint density at radius 1 is 1.33 bits per heavy atom. The van der Waals surface area contributed by atoms with Crippen molar-refractivity contribution in [1.29, 1.82) is 0 Å². The van der Waals surface area contributed by atoms with Crippen molar-refractivity contribution in [3.8, 4) is 0 Å². The third-order valence-electron chi connectivity index (χ3n) is 4.01. The topological polar surface area (TPSA) is 139 Å². The van der Waals surface area contributed by atoms with Gasteiger partial charge in [0.2, 0.25) is 17.7 Å². The van der Waals surface area contributed by atoms with Crippen LogP contribution in [0.2, 0.25) is 0 Å². The van der Waals surface area contributed by atoms with E-state index in [-0.39, 0.29) is 25.3 Å². The fourth-order valence-corrected chi connectivity index (χ4v) is 2.87. The number of aliphatic carboxylic acids is 1. The summed E-state index contributed by atoms with van der Waals surface area (Å²) in [7, 11) is 0. The fraction of sp³-hybridized carbons (Fsp3) is 0.733. The molecule has 1 heterocycles. The van der Waals surface area contributed by atoms with Crippen molar-refractivity contribution in [3.63, 3.8) is 0 Å². The van der Waals surface area contributed by atoms with Crippen LogP contribution in [0.5, 0.6) is 0 Å². The lowest BCUT2D eigenvalue weighted by atomic mass is 9.97. The number of hydrogen-bond donors (Lipinski definition) is 3. The van der Waals surface area contributed by atoms with E-state index < -0.39 is 29.7 Å². The van der Waals surface area contributed by atoms with Gasteiger partial charge >= 0.3 is 0 Å². The molecular formula is C15H24N3O6-. The minimum atomic E-state index is -1.26. The third-order valence-corrected chi connectivity index (χ3v) is 4.01. The number of hydroxylamine groups is 1. The molecule has 3 amide bonds. The van der Waals surface area contributed by atoms with E-state index in [1.165, 1.54) is 10.4 Å². The van der Waals surface area contributed by atoms with Crippen LogP contribution in [0.3, 0.4) is 0 Å². The molecule has 1 aliphatic heterocycles. The average Bonchev–Trinajstić information content (AvgIpc) is 3.02. The van der Waals surface area contributed by atoms with Gasteiger partial charge in [0, 0.05) is 37.8 Å². The zero-order chi connectivity index (χ0) is 18.1. The highest BCUT2D eigenvalue weighted by atomic mass is 16.5. The highest BCUT2D eigenvalue weighted by Crippen LogP contribution is 2.23. The van der Waals surface area contributed by atoms with Crippen molar-refractivity contribution in [2.75, 3.05) is 13.1 Å². The molecule has 1 aliphatic rings. The highest BCUT2D eigenvalue weighted by molar-refractivity contribution is 5.91. The van der Waals surface area contributed by atoms with Crippen molar-refractivity contribution in [1.82, 2.24) is 15.7 Å². The van der Waals surface area contributed by atoms with Gasteiger partial charge in [-0.15, -0.1) is 0 Å². The molecule has 0 bridgehead atoms. The Bertz CT molecular complexity index is 482. The van der Waals surface area contributed by atoms with Gasteiger partial charge in [-0.3, -0.25) is 19.6 Å². The normalized spacial score (nSPS) is 18.1. The molecule has 0 aromatic carbocycles. The van der Waals surface area contributed by atoms with Gasteiger partial charge in [0.25, 0.3) is 0 Å². The minimum Gasteiger partial charge on any atom is -0.550 e. The molecule has 3 N–H and O–H groups in total. The van der Waals surface area contributed by atoms with Gasteiger partial charge in [-0.05, 0) is 19.3 Å². The first kappa shape index (κ1) is 19.9. The molecule has 0 aromatic rings. The molecule has 1 rings (SSSR count). The lowest BCUT2D eigenvalue weighted by Gasteiger charge is -2.28. The van der Waals surface area contributed by atoms with Gasteiger partial charge in [-0.25, -0.2) is 5.48 Å². The Balaban J connectivity index is 2.69. The summed E-state index contributed by atoms with van der Waals surface area (Å²) in [5.74, 6) is -3.19. The first-order valence-electron chi connectivity index (χ1n) is 8.11. The van der Waals surface area contributed by atoms with E-state index in [4.69, 9.17) is 5.21 Å². The van der Waals surface area contributed by atoms with Crippen molar-refractivity contribution >= 4 is 23.7 Å². The van der Waals surface area contributed by atoms with Crippen LogP contribution in [0, 0.1) is 5.92 Å². The molecule has 0 aromatic heterocycles. The summed E-state index contributed by atoms with van der Waals surface area (Å²) in [6.07, 6.45) is 1.89. The Morgan fingerprint density at radius 3 is 2.62 bits per heavy atom. The summed E-state index contributed by atoms with van der Waals surface area (Å²) in [6.45, 7) is 2.24. The van der Waals surface area contributed by atoms with Crippen LogP contribution in [0.1, 0.15) is 45.4 Å². The van der Waals surface area contributed by atoms with E-state index >= 15 is 0 Å². The number of hydrogen-bond acceptors (Lipinski definition) is 6. The van der Waals surface area contributed by atoms with E-state index in [1.807, 2.05) is 6.92 Å². The first-order valence-corrected chi connectivity index (χ1v) is 8.11. The smallest absolute Gasteiger partial charge is 0.244 e. The number of nitrogens with one attached hydrogen (secondary N) is 2. The summed E-state index contributed by atoms with van der Waals surface area (Å²) < 4.78 is 0. The molecular weight excluding hydrogens is 318 g/mol. The summed E-state index contributed by atoms with van der Waals surface area (Å²) >= 11 is 0. The number of nitrogens with zero attached hydrogens (tertiary/aromatic N) is 1. The molecule has 1 saturated heterocycles. The number of carbonyl (C=O) groups is 4. The standard InChI is InChI=1S/C15H25N3O6/c1-2-4-10(9-12(19)17-24)15(23)18-8-3-5-11(18)14(22)16-7-6-13(20)21/h10-11,24H,2-9H2,1H3,(H,16,22)(H,17,19)(H,20,21)/p-1. The van der Waals surface area contributed by atoms with Crippen LogP contribution >= 0.6 is 0 Å². The van der Waals surface area contributed by atoms with E-state index in [9.17, 15) is 24.3 Å². The summed E-state index contributed by atoms with van der Waals surface area (Å²) in [5, 5.41) is 21.5. The van der Waals surface area contributed by atoms with Crippen LogP contribution in [-0.4, -0.2) is 52.9 Å².